The topological polar surface area (TPSA) is 34.4 Å². The molecule has 0 radical (unpaired) electrons. The second kappa shape index (κ2) is 5.93. The fraction of sp³-hybridized carbons (Fsp3) is 0.200. The Kier molecular flexibility index (Phi) is 3.62. The summed E-state index contributed by atoms with van der Waals surface area (Å²) in [5, 5.41) is 0. The molecule has 0 aliphatic heterocycles. The molecule has 0 amide bonds. The number of rotatable bonds is 2. The highest BCUT2D eigenvalue weighted by atomic mass is 19.1. The molecular formula is C20H15FN2O. The van der Waals surface area contributed by atoms with E-state index in [4.69, 9.17) is 0 Å². The van der Waals surface area contributed by atoms with E-state index in [9.17, 15) is 9.18 Å². The molecule has 1 aromatic carbocycles. The lowest BCUT2D eigenvalue weighted by atomic mass is 10.1. The Hall–Kier alpha value is -2.93. The Bertz CT molecular complexity index is 1040. The Labute approximate surface area is 138 Å². The van der Waals surface area contributed by atoms with Crippen molar-refractivity contribution in [2.45, 2.75) is 19.3 Å². The van der Waals surface area contributed by atoms with Crippen LogP contribution in [0.1, 0.15) is 29.5 Å². The van der Waals surface area contributed by atoms with E-state index in [1.807, 2.05) is 0 Å². The zero-order valence-electron chi connectivity index (χ0n) is 13.0. The van der Waals surface area contributed by atoms with Crippen LogP contribution in [-0.2, 0) is 6.42 Å². The standard InChI is InChI=1S/C20H15FN2O/c21-18-3-1-2-14(11-18)4-7-16-8-9-23-19(12-16)22-13-17(20(23)24)10-15-5-6-15/h1-3,8-9,11-13,15H,5-6,10H2. The zero-order valence-corrected chi connectivity index (χ0v) is 13.0. The minimum absolute atomic E-state index is 0.00320. The molecule has 24 heavy (non-hydrogen) atoms. The first-order valence-corrected chi connectivity index (χ1v) is 7.97. The summed E-state index contributed by atoms with van der Waals surface area (Å²) < 4.78 is 14.7. The summed E-state index contributed by atoms with van der Waals surface area (Å²) >= 11 is 0. The van der Waals surface area contributed by atoms with Gasteiger partial charge in [0.1, 0.15) is 11.5 Å². The van der Waals surface area contributed by atoms with Gasteiger partial charge in [0.2, 0.25) is 0 Å². The Morgan fingerprint density at radius 3 is 2.71 bits per heavy atom. The van der Waals surface area contributed by atoms with Crippen molar-refractivity contribution in [3.63, 3.8) is 0 Å². The number of hydrogen-bond acceptors (Lipinski definition) is 2. The van der Waals surface area contributed by atoms with Crippen LogP contribution in [0.4, 0.5) is 4.39 Å². The van der Waals surface area contributed by atoms with E-state index in [1.165, 1.54) is 25.0 Å². The Morgan fingerprint density at radius 2 is 1.96 bits per heavy atom. The summed E-state index contributed by atoms with van der Waals surface area (Å²) in [5.41, 5.74) is 2.69. The van der Waals surface area contributed by atoms with Crippen LogP contribution in [0, 0.1) is 23.6 Å². The normalized spacial score (nSPS) is 13.5. The van der Waals surface area contributed by atoms with E-state index in [0.29, 0.717) is 17.1 Å². The molecule has 0 bridgehead atoms. The van der Waals surface area contributed by atoms with Crippen LogP contribution < -0.4 is 5.56 Å². The van der Waals surface area contributed by atoms with Gasteiger partial charge >= 0.3 is 0 Å². The maximum Gasteiger partial charge on any atom is 0.261 e. The van der Waals surface area contributed by atoms with Gasteiger partial charge in [-0.15, -0.1) is 0 Å². The number of nitrogens with zero attached hydrogens (tertiary/aromatic N) is 2. The highest BCUT2D eigenvalue weighted by Gasteiger charge is 2.23. The maximum atomic E-state index is 13.2. The molecule has 1 fully saturated rings. The highest BCUT2D eigenvalue weighted by molar-refractivity contribution is 5.50. The van der Waals surface area contributed by atoms with Crippen LogP contribution in [0.5, 0.6) is 0 Å². The maximum absolute atomic E-state index is 13.2. The van der Waals surface area contributed by atoms with Gasteiger partial charge in [0.25, 0.3) is 5.56 Å². The predicted octanol–water partition coefficient (Wildman–Crippen LogP) is 3.19. The number of halogens is 1. The number of benzene rings is 1. The van der Waals surface area contributed by atoms with E-state index in [2.05, 4.69) is 16.8 Å². The third-order valence-corrected chi connectivity index (χ3v) is 4.16. The lowest BCUT2D eigenvalue weighted by Gasteiger charge is -2.03. The van der Waals surface area contributed by atoms with Gasteiger partial charge in [-0.1, -0.05) is 17.9 Å². The van der Waals surface area contributed by atoms with E-state index in [-0.39, 0.29) is 11.4 Å². The average Bonchev–Trinajstić information content (AvgIpc) is 3.40. The molecular weight excluding hydrogens is 303 g/mol. The first-order valence-electron chi connectivity index (χ1n) is 7.97. The van der Waals surface area contributed by atoms with Crippen LogP contribution >= 0.6 is 0 Å². The van der Waals surface area contributed by atoms with Crippen LogP contribution in [0.3, 0.4) is 0 Å². The molecule has 1 aliphatic rings. The molecule has 118 valence electrons. The molecule has 0 spiro atoms. The largest absolute Gasteiger partial charge is 0.269 e. The van der Waals surface area contributed by atoms with Gasteiger partial charge in [0.15, 0.2) is 0 Å². The second-order valence-corrected chi connectivity index (χ2v) is 6.14. The smallest absolute Gasteiger partial charge is 0.261 e. The lowest BCUT2D eigenvalue weighted by Crippen LogP contribution is -2.19. The van der Waals surface area contributed by atoms with Crippen LogP contribution in [-0.4, -0.2) is 9.38 Å². The van der Waals surface area contributed by atoms with Gasteiger partial charge in [-0.2, -0.15) is 0 Å². The minimum atomic E-state index is -0.309. The Balaban J connectivity index is 1.67. The van der Waals surface area contributed by atoms with Crippen molar-refractivity contribution >= 4 is 5.65 Å². The van der Waals surface area contributed by atoms with Crippen LogP contribution in [0.25, 0.3) is 5.65 Å². The van der Waals surface area contributed by atoms with E-state index in [1.54, 1.807) is 41.1 Å². The van der Waals surface area contributed by atoms with Crippen molar-refractivity contribution in [2.75, 3.05) is 0 Å². The number of pyridine rings is 1. The van der Waals surface area contributed by atoms with Gasteiger partial charge in [-0.25, -0.2) is 9.37 Å². The molecule has 2 heterocycles. The lowest BCUT2D eigenvalue weighted by molar-refractivity contribution is 0.627. The first-order chi connectivity index (χ1) is 11.7. The summed E-state index contributed by atoms with van der Waals surface area (Å²) in [5.74, 6) is 6.24. The average molecular weight is 318 g/mol. The molecule has 0 atom stereocenters. The fourth-order valence-electron chi connectivity index (χ4n) is 2.67. The number of hydrogen-bond donors (Lipinski definition) is 0. The molecule has 3 nitrogen and oxygen atoms in total. The molecule has 1 saturated carbocycles. The molecule has 2 aromatic heterocycles. The monoisotopic (exact) mass is 318 g/mol. The van der Waals surface area contributed by atoms with Gasteiger partial charge in [-0.3, -0.25) is 9.20 Å². The summed E-state index contributed by atoms with van der Waals surface area (Å²) in [6, 6.07) is 9.71. The van der Waals surface area contributed by atoms with Gasteiger partial charge < -0.3 is 0 Å². The molecule has 1 aliphatic carbocycles. The molecule has 0 unspecified atom stereocenters. The third kappa shape index (κ3) is 3.07. The zero-order chi connectivity index (χ0) is 16.5. The van der Waals surface area contributed by atoms with Crippen molar-refractivity contribution in [2.24, 2.45) is 5.92 Å². The molecule has 4 heteroatoms. The van der Waals surface area contributed by atoms with E-state index >= 15 is 0 Å². The van der Waals surface area contributed by atoms with Crippen molar-refractivity contribution in [3.05, 3.63) is 81.7 Å². The fourth-order valence-corrected chi connectivity index (χ4v) is 2.67. The molecule has 4 rings (SSSR count). The van der Waals surface area contributed by atoms with Crippen LogP contribution in [0.15, 0.2) is 53.6 Å². The second-order valence-electron chi connectivity index (χ2n) is 6.14. The summed E-state index contributed by atoms with van der Waals surface area (Å²) in [6.45, 7) is 0. The summed E-state index contributed by atoms with van der Waals surface area (Å²) in [4.78, 5) is 16.9. The quantitative estimate of drug-likeness (QED) is 0.680. The minimum Gasteiger partial charge on any atom is -0.269 e. The van der Waals surface area contributed by atoms with Crippen molar-refractivity contribution in [3.8, 4) is 11.8 Å². The molecule has 3 aromatic rings. The molecule has 0 saturated heterocycles. The summed E-state index contributed by atoms with van der Waals surface area (Å²) in [6.07, 6.45) is 6.61. The van der Waals surface area contributed by atoms with E-state index < -0.39 is 0 Å². The number of aromatic nitrogens is 2. The van der Waals surface area contributed by atoms with Crippen LogP contribution in [0.2, 0.25) is 0 Å². The van der Waals surface area contributed by atoms with Crippen molar-refractivity contribution in [1.82, 2.24) is 9.38 Å². The SMILES string of the molecule is O=c1c(CC2CC2)cnc2cc(C#Cc3cccc(F)c3)ccn12. The predicted molar refractivity (Wildman–Crippen MR) is 90.3 cm³/mol. The van der Waals surface area contributed by atoms with Gasteiger partial charge in [0, 0.05) is 29.1 Å². The Morgan fingerprint density at radius 1 is 1.17 bits per heavy atom. The highest BCUT2D eigenvalue weighted by Crippen LogP contribution is 2.31. The first kappa shape index (κ1) is 14.6. The van der Waals surface area contributed by atoms with Crippen molar-refractivity contribution < 1.29 is 4.39 Å². The number of fused-ring (bicyclic) bond motifs is 1. The van der Waals surface area contributed by atoms with E-state index in [0.717, 1.165) is 17.5 Å². The van der Waals surface area contributed by atoms with Gasteiger partial charge in [-0.05, 0) is 55.5 Å². The van der Waals surface area contributed by atoms with Gasteiger partial charge in [0.05, 0.1) is 0 Å². The third-order valence-electron chi connectivity index (χ3n) is 4.16. The molecule has 0 N–H and O–H groups in total. The summed E-state index contributed by atoms with van der Waals surface area (Å²) in [7, 11) is 0. The van der Waals surface area contributed by atoms with Crippen molar-refractivity contribution in [1.29, 1.82) is 0 Å².